The van der Waals surface area contributed by atoms with E-state index in [1.54, 1.807) is 6.92 Å². The normalized spacial score (nSPS) is 13.7. The Morgan fingerprint density at radius 1 is 0.619 bits per heavy atom. The number of carbonyl (C=O) groups excluding carboxylic acids is 2. The van der Waals surface area contributed by atoms with Crippen LogP contribution >= 0.6 is 7.82 Å². The lowest BCUT2D eigenvalue weighted by Gasteiger charge is -2.19. The van der Waals surface area contributed by atoms with Crippen molar-refractivity contribution in [2.75, 3.05) is 19.8 Å². The number of unbranched alkanes of at least 4 members (excludes halogenated alkanes) is 17. The summed E-state index contributed by atoms with van der Waals surface area (Å²) in [6, 6.07) is 0. The van der Waals surface area contributed by atoms with Gasteiger partial charge < -0.3 is 14.4 Å². The quantitative estimate of drug-likeness (QED) is 0.0354. The Kier molecular flexibility index (Phi) is 29.0. The van der Waals surface area contributed by atoms with Crippen molar-refractivity contribution in [2.45, 2.75) is 168 Å². The van der Waals surface area contributed by atoms with Gasteiger partial charge in [-0.1, -0.05) is 116 Å². The summed E-state index contributed by atoms with van der Waals surface area (Å²) in [6.07, 6.45) is 27.0. The Bertz CT molecular complexity index is 712. The van der Waals surface area contributed by atoms with Crippen molar-refractivity contribution in [3.63, 3.8) is 0 Å². The lowest BCUT2D eigenvalue weighted by atomic mass is 10.1. The molecule has 248 valence electrons. The first-order chi connectivity index (χ1) is 20.3. The molecule has 0 amide bonds. The molecular formula is C33H63O8P. The molecule has 0 radical (unpaired) electrons. The van der Waals surface area contributed by atoms with Gasteiger partial charge in [0.1, 0.15) is 6.61 Å². The zero-order chi connectivity index (χ0) is 31.2. The third kappa shape index (κ3) is 28.9. The number of rotatable bonds is 31. The Morgan fingerprint density at radius 3 is 1.60 bits per heavy atom. The molecule has 2 unspecified atom stereocenters. The van der Waals surface area contributed by atoms with Crippen molar-refractivity contribution >= 4 is 19.8 Å². The van der Waals surface area contributed by atoms with Crippen molar-refractivity contribution in [3.8, 4) is 0 Å². The van der Waals surface area contributed by atoms with Gasteiger partial charge in [0, 0.05) is 12.8 Å². The lowest BCUT2D eigenvalue weighted by molar-refractivity contribution is -0.161. The predicted molar refractivity (Wildman–Crippen MR) is 170 cm³/mol. The molecule has 0 rings (SSSR count). The van der Waals surface area contributed by atoms with E-state index in [4.69, 9.17) is 18.5 Å². The van der Waals surface area contributed by atoms with Crippen LogP contribution in [-0.2, 0) is 32.7 Å². The van der Waals surface area contributed by atoms with Gasteiger partial charge in [-0.15, -0.1) is 0 Å². The van der Waals surface area contributed by atoms with Crippen LogP contribution in [0.3, 0.4) is 0 Å². The molecule has 0 aromatic rings. The van der Waals surface area contributed by atoms with E-state index in [2.05, 4.69) is 26.0 Å². The van der Waals surface area contributed by atoms with Crippen LogP contribution in [-0.4, -0.2) is 42.8 Å². The number of carbonyl (C=O) groups is 2. The summed E-state index contributed by atoms with van der Waals surface area (Å²) >= 11 is 0. The molecule has 9 heteroatoms. The molecule has 0 aromatic carbocycles. The number of allylic oxidation sites excluding steroid dienone is 2. The molecule has 0 aliphatic carbocycles. The highest BCUT2D eigenvalue weighted by Crippen LogP contribution is 2.43. The van der Waals surface area contributed by atoms with Crippen molar-refractivity contribution in [1.82, 2.24) is 0 Å². The van der Waals surface area contributed by atoms with E-state index in [1.165, 1.54) is 70.6 Å². The molecule has 0 aliphatic rings. The Hall–Kier alpha value is -1.21. The average molecular weight is 619 g/mol. The van der Waals surface area contributed by atoms with Gasteiger partial charge in [-0.05, 0) is 45.4 Å². The minimum atomic E-state index is -4.26. The number of phosphoric ester groups is 1. The Morgan fingerprint density at radius 2 is 1.07 bits per heavy atom. The second-order valence-corrected chi connectivity index (χ2v) is 12.6. The predicted octanol–water partition coefficient (Wildman–Crippen LogP) is 9.77. The summed E-state index contributed by atoms with van der Waals surface area (Å²) in [5, 5.41) is 0. The first-order valence-electron chi connectivity index (χ1n) is 17.0. The van der Waals surface area contributed by atoms with E-state index >= 15 is 0 Å². The maximum absolute atomic E-state index is 12.4. The van der Waals surface area contributed by atoms with Crippen molar-refractivity contribution in [1.29, 1.82) is 0 Å². The van der Waals surface area contributed by atoms with Crippen LogP contribution in [0.4, 0.5) is 0 Å². The van der Waals surface area contributed by atoms with Crippen LogP contribution in [0.2, 0.25) is 0 Å². The van der Waals surface area contributed by atoms with Gasteiger partial charge in [0.25, 0.3) is 0 Å². The summed E-state index contributed by atoms with van der Waals surface area (Å²) in [7, 11) is -4.26. The van der Waals surface area contributed by atoms with Gasteiger partial charge in [0.05, 0.1) is 13.2 Å². The fourth-order valence-electron chi connectivity index (χ4n) is 4.56. The summed E-state index contributed by atoms with van der Waals surface area (Å²) in [5.74, 6) is -0.809. The maximum Gasteiger partial charge on any atom is 0.472 e. The van der Waals surface area contributed by atoms with Crippen molar-refractivity contribution in [2.24, 2.45) is 0 Å². The first-order valence-corrected chi connectivity index (χ1v) is 18.5. The van der Waals surface area contributed by atoms with Crippen molar-refractivity contribution < 1.29 is 37.6 Å². The third-order valence-electron chi connectivity index (χ3n) is 7.07. The van der Waals surface area contributed by atoms with E-state index in [-0.39, 0.29) is 25.6 Å². The second kappa shape index (κ2) is 29.8. The highest BCUT2D eigenvalue weighted by atomic mass is 31.2. The molecule has 0 aromatic heterocycles. The summed E-state index contributed by atoms with van der Waals surface area (Å²) in [5.41, 5.74) is 0. The minimum absolute atomic E-state index is 0.00128. The number of ether oxygens (including phenoxy) is 2. The van der Waals surface area contributed by atoms with Crippen LogP contribution in [0.1, 0.15) is 162 Å². The number of phosphoric acid groups is 1. The van der Waals surface area contributed by atoms with Crippen LogP contribution in [0.5, 0.6) is 0 Å². The Balaban J connectivity index is 4.22. The fourth-order valence-corrected chi connectivity index (χ4v) is 5.32. The van der Waals surface area contributed by atoms with Crippen LogP contribution < -0.4 is 0 Å². The van der Waals surface area contributed by atoms with Gasteiger partial charge in [0.2, 0.25) is 0 Å². The molecule has 42 heavy (non-hydrogen) atoms. The van der Waals surface area contributed by atoms with Gasteiger partial charge in [-0.25, -0.2) is 4.57 Å². The van der Waals surface area contributed by atoms with E-state index in [9.17, 15) is 19.0 Å². The van der Waals surface area contributed by atoms with Gasteiger partial charge in [0.15, 0.2) is 6.10 Å². The van der Waals surface area contributed by atoms with E-state index < -0.39 is 26.5 Å². The van der Waals surface area contributed by atoms with E-state index in [1.807, 2.05) is 0 Å². The highest BCUT2D eigenvalue weighted by Gasteiger charge is 2.25. The summed E-state index contributed by atoms with van der Waals surface area (Å²) < 4.78 is 32.3. The second-order valence-electron chi connectivity index (χ2n) is 11.2. The SMILES string of the molecule is CCCCCC/C=C\CCCCCCCC(=O)OC(COC(=O)CCCCCCCCCCC)COP(=O)(O)OCC. The van der Waals surface area contributed by atoms with Crippen LogP contribution in [0.15, 0.2) is 12.2 Å². The molecule has 0 saturated heterocycles. The molecule has 0 saturated carbocycles. The molecule has 0 bridgehead atoms. The maximum atomic E-state index is 12.4. The average Bonchev–Trinajstić information content (AvgIpc) is 2.96. The van der Waals surface area contributed by atoms with Crippen molar-refractivity contribution in [3.05, 3.63) is 12.2 Å². The highest BCUT2D eigenvalue weighted by molar-refractivity contribution is 7.47. The zero-order valence-electron chi connectivity index (χ0n) is 27.2. The van der Waals surface area contributed by atoms with Gasteiger partial charge in [-0.3, -0.25) is 18.6 Å². The molecule has 0 fully saturated rings. The fraction of sp³-hybridized carbons (Fsp3) is 0.879. The summed E-state index contributed by atoms with van der Waals surface area (Å²) in [4.78, 5) is 34.3. The Labute approximate surface area is 257 Å². The monoisotopic (exact) mass is 618 g/mol. The summed E-state index contributed by atoms with van der Waals surface area (Å²) in [6.45, 7) is 5.40. The van der Waals surface area contributed by atoms with Crippen LogP contribution in [0.25, 0.3) is 0 Å². The molecule has 0 spiro atoms. The van der Waals surface area contributed by atoms with Crippen LogP contribution in [0, 0.1) is 0 Å². The number of esters is 2. The molecule has 1 N–H and O–H groups in total. The number of hydrogen-bond acceptors (Lipinski definition) is 7. The van der Waals surface area contributed by atoms with Gasteiger partial charge in [-0.2, -0.15) is 0 Å². The largest absolute Gasteiger partial charge is 0.472 e. The first kappa shape index (κ1) is 40.8. The van der Waals surface area contributed by atoms with E-state index in [0.717, 1.165) is 51.4 Å². The smallest absolute Gasteiger partial charge is 0.462 e. The lowest BCUT2D eigenvalue weighted by Crippen LogP contribution is -2.29. The standard InChI is InChI=1S/C33H63O8P/c1-4-7-9-11-13-15-16-17-18-20-22-24-26-28-33(35)41-31(30-40-42(36,37)39-6-3)29-38-32(34)27-25-23-21-19-14-12-10-8-5-2/h15-16,31H,4-14,17-30H2,1-3H3,(H,36,37)/b16-15-. The topological polar surface area (TPSA) is 108 Å². The molecule has 8 nitrogen and oxygen atoms in total. The molecule has 0 aliphatic heterocycles. The van der Waals surface area contributed by atoms with Gasteiger partial charge >= 0.3 is 19.8 Å². The zero-order valence-corrected chi connectivity index (χ0v) is 28.1. The molecular weight excluding hydrogens is 555 g/mol. The van der Waals surface area contributed by atoms with E-state index in [0.29, 0.717) is 12.8 Å². The third-order valence-corrected chi connectivity index (χ3v) is 8.13. The molecule has 0 heterocycles. The number of hydrogen-bond donors (Lipinski definition) is 1. The molecule has 2 atom stereocenters. The minimum Gasteiger partial charge on any atom is -0.462 e.